The molecule has 0 saturated heterocycles. The van der Waals surface area contributed by atoms with Crippen molar-refractivity contribution < 1.29 is 23.8 Å². The molecule has 0 aliphatic rings. The van der Waals surface area contributed by atoms with Crippen molar-refractivity contribution in [2.45, 2.75) is 6.61 Å². The third-order valence-electron chi connectivity index (χ3n) is 4.52. The first-order chi connectivity index (χ1) is 14.9. The van der Waals surface area contributed by atoms with Crippen molar-refractivity contribution in [2.24, 2.45) is 0 Å². The van der Waals surface area contributed by atoms with Crippen LogP contribution in [-0.4, -0.2) is 22.0 Å². The highest BCUT2D eigenvalue weighted by atomic mass is 32.1. The number of hydrogen-bond acceptors (Lipinski definition) is 6. The molecule has 0 aliphatic carbocycles. The maximum Gasteiger partial charge on any atom is 0.338 e. The van der Waals surface area contributed by atoms with Crippen molar-refractivity contribution in [3.63, 3.8) is 0 Å². The summed E-state index contributed by atoms with van der Waals surface area (Å²) in [6.07, 6.45) is 1.24. The van der Waals surface area contributed by atoms with Crippen LogP contribution < -0.4 is 15.8 Å². The summed E-state index contributed by atoms with van der Waals surface area (Å²) < 4.78 is 19.4. The molecule has 4 aromatic rings. The first kappa shape index (κ1) is 20.3. The van der Waals surface area contributed by atoms with Crippen LogP contribution in [0.5, 0.6) is 5.75 Å². The number of rotatable bonds is 6. The molecule has 2 aromatic carbocycles. The van der Waals surface area contributed by atoms with E-state index in [2.05, 4.69) is 10.3 Å². The van der Waals surface area contributed by atoms with Crippen molar-refractivity contribution in [1.82, 2.24) is 4.98 Å². The molecular weight excluding hydrogens is 421 g/mol. The van der Waals surface area contributed by atoms with Gasteiger partial charge in [0.1, 0.15) is 24.0 Å². The molecule has 9 heteroatoms. The smallest absolute Gasteiger partial charge is 0.338 e. The first-order valence-electron chi connectivity index (χ1n) is 9.10. The Balaban J connectivity index is 1.50. The second kappa shape index (κ2) is 8.41. The molecule has 0 unspecified atom stereocenters. The monoisotopic (exact) mass is 437 g/mol. The van der Waals surface area contributed by atoms with Crippen LogP contribution in [0.4, 0.5) is 15.9 Å². The van der Waals surface area contributed by atoms with E-state index in [0.717, 1.165) is 0 Å². The number of fused-ring (bicyclic) bond motifs is 1. The first-order valence-corrected chi connectivity index (χ1v) is 9.98. The summed E-state index contributed by atoms with van der Waals surface area (Å²) in [5.74, 6) is -1.13. The number of aromatic carboxylic acids is 1. The van der Waals surface area contributed by atoms with Gasteiger partial charge in [-0.25, -0.2) is 14.2 Å². The number of carboxylic acids is 1. The van der Waals surface area contributed by atoms with E-state index in [4.69, 9.17) is 10.5 Å². The second-order valence-electron chi connectivity index (χ2n) is 6.60. The molecule has 2 heterocycles. The number of nitrogens with zero attached hydrogens (tertiary/aromatic N) is 1. The number of hydrogen-bond donors (Lipinski definition) is 3. The van der Waals surface area contributed by atoms with Crippen LogP contribution >= 0.6 is 11.3 Å². The number of halogens is 1. The fraction of sp³-hybridized carbons (Fsp3) is 0.0455. The Morgan fingerprint density at radius 2 is 1.97 bits per heavy atom. The lowest BCUT2D eigenvalue weighted by molar-refractivity contribution is 0.0698. The molecule has 0 aliphatic heterocycles. The number of benzene rings is 2. The van der Waals surface area contributed by atoms with Gasteiger partial charge in [-0.05, 0) is 41.8 Å². The summed E-state index contributed by atoms with van der Waals surface area (Å²) in [4.78, 5) is 27.7. The Morgan fingerprint density at radius 1 is 1.19 bits per heavy atom. The lowest BCUT2D eigenvalue weighted by Crippen LogP contribution is -2.11. The minimum absolute atomic E-state index is 0.0888. The minimum atomic E-state index is -1.07. The van der Waals surface area contributed by atoms with Gasteiger partial charge in [-0.1, -0.05) is 6.07 Å². The third kappa shape index (κ3) is 4.31. The van der Waals surface area contributed by atoms with Gasteiger partial charge >= 0.3 is 5.97 Å². The number of anilines is 2. The van der Waals surface area contributed by atoms with E-state index in [1.807, 2.05) is 0 Å². The van der Waals surface area contributed by atoms with Crippen LogP contribution in [0.2, 0.25) is 0 Å². The Hall–Kier alpha value is -3.98. The summed E-state index contributed by atoms with van der Waals surface area (Å²) in [7, 11) is 0. The van der Waals surface area contributed by atoms with Crippen molar-refractivity contribution >= 4 is 44.8 Å². The number of ether oxygens (including phenoxy) is 1. The van der Waals surface area contributed by atoms with E-state index in [1.54, 1.807) is 29.6 Å². The molecule has 0 bridgehead atoms. The average molecular weight is 437 g/mol. The van der Waals surface area contributed by atoms with Crippen molar-refractivity contribution in [3.05, 3.63) is 82.6 Å². The van der Waals surface area contributed by atoms with Gasteiger partial charge < -0.3 is 20.9 Å². The van der Waals surface area contributed by atoms with Gasteiger partial charge in [0, 0.05) is 34.5 Å². The summed E-state index contributed by atoms with van der Waals surface area (Å²) in [6.45, 7) is 0.143. The van der Waals surface area contributed by atoms with Crippen LogP contribution in [0.1, 0.15) is 26.3 Å². The van der Waals surface area contributed by atoms with Gasteiger partial charge in [0.25, 0.3) is 5.91 Å². The van der Waals surface area contributed by atoms with Crippen LogP contribution in [-0.2, 0) is 6.61 Å². The van der Waals surface area contributed by atoms with Crippen LogP contribution in [0, 0.1) is 5.82 Å². The fourth-order valence-corrected chi connectivity index (χ4v) is 4.08. The summed E-state index contributed by atoms with van der Waals surface area (Å²) in [5.41, 5.74) is 7.60. The normalized spacial score (nSPS) is 10.7. The van der Waals surface area contributed by atoms with Gasteiger partial charge in [-0.3, -0.25) is 4.79 Å². The fourth-order valence-electron chi connectivity index (χ4n) is 3.02. The van der Waals surface area contributed by atoms with E-state index in [0.29, 0.717) is 32.6 Å². The molecule has 0 fully saturated rings. The number of carbonyl (C=O) groups is 2. The van der Waals surface area contributed by atoms with E-state index < -0.39 is 11.8 Å². The molecule has 0 spiro atoms. The maximum atomic E-state index is 13.0. The van der Waals surface area contributed by atoms with Gasteiger partial charge in [0.15, 0.2) is 0 Å². The van der Waals surface area contributed by atoms with E-state index in [-0.39, 0.29) is 23.9 Å². The van der Waals surface area contributed by atoms with Crippen molar-refractivity contribution in [3.8, 4) is 5.75 Å². The molecule has 4 N–H and O–H groups in total. The molecule has 0 saturated carbocycles. The molecule has 0 atom stereocenters. The number of nitrogens with two attached hydrogens (primary N) is 1. The zero-order chi connectivity index (χ0) is 22.0. The number of carboxylic acid groups (broad SMARTS) is 1. The van der Waals surface area contributed by atoms with E-state index in [1.165, 1.54) is 41.8 Å². The highest BCUT2D eigenvalue weighted by Gasteiger charge is 2.17. The zero-order valence-electron chi connectivity index (χ0n) is 16.0. The number of thiophene rings is 1. The predicted molar refractivity (Wildman–Crippen MR) is 116 cm³/mol. The van der Waals surface area contributed by atoms with Crippen molar-refractivity contribution in [2.75, 3.05) is 11.1 Å². The third-order valence-corrected chi connectivity index (χ3v) is 5.59. The van der Waals surface area contributed by atoms with Crippen LogP contribution in [0.25, 0.3) is 10.1 Å². The molecule has 31 heavy (non-hydrogen) atoms. The summed E-state index contributed by atoms with van der Waals surface area (Å²) >= 11 is 1.26. The highest BCUT2D eigenvalue weighted by molar-refractivity contribution is 7.17. The molecule has 156 valence electrons. The quantitative estimate of drug-likeness (QED) is 0.408. The standard InChI is InChI=1S/C22H16FN3O4S/c23-14-6-4-12(5-7-14)21(27)26-15-2-1-3-16(8-15)30-10-13-11-31-19-17(22(28)29)9-25-20(24)18(13)19/h1-9,11H,10H2,(H2,24,25)(H,26,27)(H,28,29). The number of aromatic nitrogens is 1. The van der Waals surface area contributed by atoms with Gasteiger partial charge in [0.2, 0.25) is 0 Å². The number of nitrogens with one attached hydrogen (secondary N) is 1. The summed E-state index contributed by atoms with van der Waals surface area (Å²) in [5, 5.41) is 14.4. The minimum Gasteiger partial charge on any atom is -0.489 e. The molecule has 1 amide bonds. The number of amides is 1. The van der Waals surface area contributed by atoms with Crippen LogP contribution in [0.3, 0.4) is 0 Å². The van der Waals surface area contributed by atoms with E-state index >= 15 is 0 Å². The Bertz CT molecular complexity index is 1290. The average Bonchev–Trinajstić information content (AvgIpc) is 3.18. The molecule has 7 nitrogen and oxygen atoms in total. The SMILES string of the molecule is Nc1ncc(C(=O)O)c2scc(COc3cccc(NC(=O)c4ccc(F)cc4)c3)c12. The van der Waals surface area contributed by atoms with E-state index in [9.17, 15) is 19.1 Å². The lowest BCUT2D eigenvalue weighted by Gasteiger charge is -2.10. The molecular formula is C22H16FN3O4S. The number of carbonyl (C=O) groups excluding carboxylic acids is 1. The van der Waals surface area contributed by atoms with Crippen molar-refractivity contribution in [1.29, 1.82) is 0 Å². The highest BCUT2D eigenvalue weighted by Crippen LogP contribution is 2.33. The van der Waals surface area contributed by atoms with Gasteiger partial charge in [-0.15, -0.1) is 11.3 Å². The number of nitrogen functional groups attached to an aromatic ring is 1. The topological polar surface area (TPSA) is 115 Å². The van der Waals surface area contributed by atoms with Crippen LogP contribution in [0.15, 0.2) is 60.1 Å². The lowest BCUT2D eigenvalue weighted by atomic mass is 10.1. The molecule has 4 rings (SSSR count). The maximum absolute atomic E-state index is 13.0. The van der Waals surface area contributed by atoms with Gasteiger partial charge in [-0.2, -0.15) is 0 Å². The predicted octanol–water partition coefficient (Wildman–Crippen LogP) is 4.55. The largest absolute Gasteiger partial charge is 0.489 e. The molecule has 2 aromatic heterocycles. The second-order valence-corrected chi connectivity index (χ2v) is 7.48. The zero-order valence-corrected chi connectivity index (χ0v) is 16.8. The Morgan fingerprint density at radius 3 is 2.71 bits per heavy atom. The Labute approximate surface area is 179 Å². The molecule has 0 radical (unpaired) electrons. The number of pyridine rings is 1. The van der Waals surface area contributed by atoms with Gasteiger partial charge in [0.05, 0.1) is 10.3 Å². The Kier molecular flexibility index (Phi) is 5.50. The summed E-state index contributed by atoms with van der Waals surface area (Å²) in [6, 6.07) is 12.0.